The third kappa shape index (κ3) is 2.93. The molecule has 3 saturated carbocycles. The predicted molar refractivity (Wildman–Crippen MR) is 111 cm³/mol. The number of hydrogen-bond donors (Lipinski definition) is 3. The molecule has 3 aliphatic rings. The summed E-state index contributed by atoms with van der Waals surface area (Å²) in [6, 6.07) is -0.134. The number of nitrogens with one attached hydrogen (secondary N) is 1. The average molecular weight is 433 g/mol. The zero-order valence-electron chi connectivity index (χ0n) is 16.9. The first-order valence-electron chi connectivity index (χ1n) is 10.4. The van der Waals surface area contributed by atoms with E-state index in [-0.39, 0.29) is 23.8 Å². The lowest BCUT2D eigenvalue weighted by atomic mass is 9.99. The summed E-state index contributed by atoms with van der Waals surface area (Å²) in [5.41, 5.74) is 9.22. The van der Waals surface area contributed by atoms with Gasteiger partial charge in [-0.25, -0.2) is 4.98 Å². The fourth-order valence-electron chi connectivity index (χ4n) is 5.36. The third-order valence-corrected chi connectivity index (χ3v) is 7.32. The summed E-state index contributed by atoms with van der Waals surface area (Å²) in [5.74, 6) is 1.63. The number of anilines is 1. The molecule has 2 aromatic rings. The highest BCUT2D eigenvalue weighted by Crippen LogP contribution is 2.67. The summed E-state index contributed by atoms with van der Waals surface area (Å²) in [5, 5.41) is 28.7. The Morgan fingerprint density at radius 2 is 2.17 bits per heavy atom. The van der Waals surface area contributed by atoms with Crippen molar-refractivity contribution in [1.29, 1.82) is 0 Å². The van der Waals surface area contributed by atoms with Gasteiger partial charge in [0.2, 0.25) is 5.28 Å². The number of aliphatic hydroxyl groups is 2. The minimum atomic E-state index is -1.00. The normalized spacial score (nSPS) is 33.4. The second-order valence-corrected chi connectivity index (χ2v) is 9.61. The molecule has 0 spiro atoms. The lowest BCUT2D eigenvalue weighted by Gasteiger charge is -2.24. The van der Waals surface area contributed by atoms with Crippen LogP contribution < -0.4 is 5.32 Å². The Morgan fingerprint density at radius 3 is 2.83 bits per heavy atom. The summed E-state index contributed by atoms with van der Waals surface area (Å²) < 4.78 is 1.79. The molecule has 6 atom stereocenters. The van der Waals surface area contributed by atoms with Crippen molar-refractivity contribution in [3.63, 3.8) is 0 Å². The molecule has 0 amide bonds. The van der Waals surface area contributed by atoms with Crippen molar-refractivity contribution in [2.75, 3.05) is 11.9 Å². The molecule has 0 unspecified atom stereocenters. The fourth-order valence-corrected chi connectivity index (χ4v) is 5.53. The fraction of sp³-hybridized carbons (Fsp3) is 0.737. The number of halogens is 1. The number of rotatable bonds is 7. The molecule has 30 heavy (non-hydrogen) atoms. The molecule has 3 aliphatic carbocycles. The van der Waals surface area contributed by atoms with Crippen LogP contribution in [0.2, 0.25) is 5.28 Å². The maximum atomic E-state index is 10.8. The first-order valence-corrected chi connectivity index (χ1v) is 10.8. The average Bonchev–Trinajstić information content (AvgIpc) is 3.61. The lowest BCUT2D eigenvalue weighted by Crippen LogP contribution is -2.35. The minimum absolute atomic E-state index is 0.0228. The monoisotopic (exact) mass is 432 g/mol. The summed E-state index contributed by atoms with van der Waals surface area (Å²) in [6.07, 6.45) is 2.74. The number of fused-ring (bicyclic) bond motifs is 2. The van der Waals surface area contributed by atoms with E-state index >= 15 is 0 Å². The molecule has 2 heterocycles. The highest BCUT2D eigenvalue weighted by atomic mass is 35.5. The van der Waals surface area contributed by atoms with Gasteiger partial charge in [-0.15, -0.1) is 0 Å². The smallest absolute Gasteiger partial charge is 0.226 e. The molecule has 10 nitrogen and oxygen atoms in total. The van der Waals surface area contributed by atoms with Gasteiger partial charge in [-0.05, 0) is 54.1 Å². The van der Waals surface area contributed by atoms with Crippen molar-refractivity contribution in [2.24, 2.45) is 28.3 Å². The topological polar surface area (TPSA) is 145 Å². The second-order valence-electron chi connectivity index (χ2n) is 9.28. The minimum Gasteiger partial charge on any atom is -0.390 e. The van der Waals surface area contributed by atoms with Crippen LogP contribution in [0.25, 0.3) is 21.6 Å². The van der Waals surface area contributed by atoms with Crippen molar-refractivity contribution in [3.05, 3.63) is 22.1 Å². The standard InChI is InChI=1S/C19H25ClN8O2/c1-8(2)11(9-3-4-9)24-16-12-17(26-18(20)25-16)28(7-22-12)13-10-5-19(10,6-23-27-21)15(30)14(13)29/h7-11,13-15,29-30H,3-6H2,1-2H3,(H,24,25,26)/t10-,11-,13-,14+,15+,19+/m1/s1. The molecule has 3 N–H and O–H groups in total. The SMILES string of the molecule is CC(C)[C@@H](Nc1nc(Cl)nc2c1ncn2[C@H]1[C@H](O)[C@H](O)[C@]2(CN=[N+]=[N-])C[C@H]12)C1CC1. The first kappa shape index (κ1) is 19.8. The summed E-state index contributed by atoms with van der Waals surface area (Å²) >= 11 is 6.25. The van der Waals surface area contributed by atoms with Gasteiger partial charge in [-0.1, -0.05) is 19.0 Å². The molecule has 3 fully saturated rings. The molecule has 0 radical (unpaired) electrons. The van der Waals surface area contributed by atoms with Gasteiger partial charge in [0.05, 0.1) is 18.5 Å². The maximum absolute atomic E-state index is 10.8. The summed E-state index contributed by atoms with van der Waals surface area (Å²) in [7, 11) is 0. The number of azide groups is 1. The molecule has 160 valence electrons. The van der Waals surface area contributed by atoms with E-state index in [1.54, 1.807) is 10.9 Å². The number of aliphatic hydroxyl groups excluding tert-OH is 2. The van der Waals surface area contributed by atoms with Crippen molar-refractivity contribution >= 4 is 28.6 Å². The van der Waals surface area contributed by atoms with Crippen LogP contribution in [0.5, 0.6) is 0 Å². The van der Waals surface area contributed by atoms with Crippen LogP contribution in [0, 0.1) is 23.2 Å². The highest BCUT2D eigenvalue weighted by molar-refractivity contribution is 6.28. The van der Waals surface area contributed by atoms with Gasteiger partial charge in [0.15, 0.2) is 17.0 Å². The van der Waals surface area contributed by atoms with E-state index in [0.29, 0.717) is 35.2 Å². The zero-order chi connectivity index (χ0) is 21.2. The van der Waals surface area contributed by atoms with Gasteiger partial charge in [-0.3, -0.25) is 0 Å². The molecule has 5 rings (SSSR count). The van der Waals surface area contributed by atoms with Gasteiger partial charge < -0.3 is 20.1 Å². The Balaban J connectivity index is 1.51. The predicted octanol–water partition coefficient (Wildman–Crippen LogP) is 2.92. The number of nitrogens with zero attached hydrogens (tertiary/aromatic N) is 7. The molecule has 0 aliphatic heterocycles. The molecule has 0 bridgehead atoms. The van der Waals surface area contributed by atoms with E-state index in [1.807, 2.05) is 0 Å². The Morgan fingerprint density at radius 1 is 1.40 bits per heavy atom. The molecule has 0 aromatic carbocycles. The van der Waals surface area contributed by atoms with Gasteiger partial charge in [-0.2, -0.15) is 9.97 Å². The summed E-state index contributed by atoms with van der Waals surface area (Å²) in [6.45, 7) is 4.53. The summed E-state index contributed by atoms with van der Waals surface area (Å²) in [4.78, 5) is 16.1. The van der Waals surface area contributed by atoms with Crippen LogP contribution in [0.1, 0.15) is 39.2 Å². The third-order valence-electron chi connectivity index (χ3n) is 7.15. The molecular weight excluding hydrogens is 408 g/mol. The second kappa shape index (κ2) is 6.95. The van der Waals surface area contributed by atoms with Gasteiger partial charge in [0.25, 0.3) is 0 Å². The van der Waals surface area contributed by atoms with E-state index in [2.05, 4.69) is 44.1 Å². The number of imidazole rings is 1. The number of hydrogen-bond acceptors (Lipinski definition) is 7. The van der Waals surface area contributed by atoms with Crippen molar-refractivity contribution in [2.45, 2.75) is 57.4 Å². The molecule has 11 heteroatoms. The Hall–Kier alpha value is -2.13. The van der Waals surface area contributed by atoms with Crippen LogP contribution >= 0.6 is 11.6 Å². The Kier molecular flexibility index (Phi) is 4.59. The van der Waals surface area contributed by atoms with Gasteiger partial charge in [0.1, 0.15) is 6.10 Å². The zero-order valence-corrected chi connectivity index (χ0v) is 17.6. The van der Waals surface area contributed by atoms with Crippen molar-refractivity contribution in [1.82, 2.24) is 19.5 Å². The van der Waals surface area contributed by atoms with Crippen LogP contribution in [0.3, 0.4) is 0 Å². The molecular formula is C19H25ClN8O2. The Bertz CT molecular complexity index is 1030. The van der Waals surface area contributed by atoms with E-state index in [0.717, 1.165) is 0 Å². The number of aromatic nitrogens is 4. The van der Waals surface area contributed by atoms with Gasteiger partial charge in [0, 0.05) is 22.9 Å². The Labute approximate surface area is 178 Å². The van der Waals surface area contributed by atoms with Crippen LogP contribution in [-0.4, -0.2) is 54.5 Å². The molecule has 0 saturated heterocycles. The van der Waals surface area contributed by atoms with E-state index in [4.69, 9.17) is 17.1 Å². The van der Waals surface area contributed by atoms with E-state index in [9.17, 15) is 10.2 Å². The largest absolute Gasteiger partial charge is 0.390 e. The van der Waals surface area contributed by atoms with Crippen LogP contribution in [0.15, 0.2) is 11.4 Å². The lowest BCUT2D eigenvalue weighted by molar-refractivity contribution is -0.0155. The van der Waals surface area contributed by atoms with Crippen molar-refractivity contribution < 1.29 is 10.2 Å². The van der Waals surface area contributed by atoms with Crippen LogP contribution in [0.4, 0.5) is 5.82 Å². The maximum Gasteiger partial charge on any atom is 0.226 e. The quantitative estimate of drug-likeness (QED) is 0.265. The van der Waals surface area contributed by atoms with E-state index in [1.165, 1.54) is 12.8 Å². The van der Waals surface area contributed by atoms with Crippen molar-refractivity contribution in [3.8, 4) is 0 Å². The first-order chi connectivity index (χ1) is 14.4. The highest BCUT2D eigenvalue weighted by Gasteiger charge is 2.71. The molecule has 2 aromatic heterocycles. The van der Waals surface area contributed by atoms with Crippen LogP contribution in [-0.2, 0) is 0 Å². The van der Waals surface area contributed by atoms with E-state index < -0.39 is 23.7 Å². The van der Waals surface area contributed by atoms with Gasteiger partial charge >= 0.3 is 0 Å².